The molecule has 1 unspecified atom stereocenters. The molecule has 0 spiro atoms. The first kappa shape index (κ1) is 16.5. The van der Waals surface area contributed by atoms with Crippen LogP contribution >= 0.6 is 0 Å². The van der Waals surface area contributed by atoms with Gasteiger partial charge in [0.1, 0.15) is 0 Å². The molecular formula is C21H24N2O. The maximum Gasteiger partial charge on any atom is 0.239 e. The van der Waals surface area contributed by atoms with Crippen LogP contribution in [0.15, 0.2) is 42.5 Å². The quantitative estimate of drug-likeness (QED) is 0.807. The number of carbonyl (C=O) groups is 1. The number of nitrogens with zero attached hydrogens (tertiary/aromatic N) is 2. The third-order valence-electron chi connectivity index (χ3n) is 4.86. The van der Waals surface area contributed by atoms with Crippen LogP contribution in [-0.2, 0) is 11.3 Å². The van der Waals surface area contributed by atoms with Crippen LogP contribution < -0.4 is 0 Å². The first-order valence-electron chi connectivity index (χ1n) is 8.60. The molecule has 1 heterocycles. The largest absolute Gasteiger partial charge is 0.340 e. The minimum atomic E-state index is -0.0743. The molecule has 1 fully saturated rings. The topological polar surface area (TPSA) is 23.6 Å². The standard InChI is InChI=1S/C21H24N2O/c1-3-14-23-15-7-6-13-20(23)21(24)22(2)16-18-11-8-10-17-9-4-5-12-19(17)18/h1,4-5,8-12,20H,6-7,13-16H2,2H3. The van der Waals surface area contributed by atoms with Gasteiger partial charge in [-0.1, -0.05) is 54.8 Å². The van der Waals surface area contributed by atoms with Crippen LogP contribution in [-0.4, -0.2) is 41.9 Å². The molecule has 124 valence electrons. The molecule has 24 heavy (non-hydrogen) atoms. The van der Waals surface area contributed by atoms with Gasteiger partial charge >= 0.3 is 0 Å². The van der Waals surface area contributed by atoms with Crippen molar-refractivity contribution in [1.29, 1.82) is 0 Å². The van der Waals surface area contributed by atoms with Gasteiger partial charge < -0.3 is 4.90 Å². The van der Waals surface area contributed by atoms with E-state index in [2.05, 4.69) is 41.2 Å². The second-order valence-electron chi connectivity index (χ2n) is 6.52. The number of hydrogen-bond donors (Lipinski definition) is 0. The monoisotopic (exact) mass is 320 g/mol. The van der Waals surface area contributed by atoms with E-state index in [0.717, 1.165) is 25.8 Å². The van der Waals surface area contributed by atoms with Crippen LogP contribution in [0.5, 0.6) is 0 Å². The molecule has 1 aliphatic rings. The van der Waals surface area contributed by atoms with E-state index in [0.29, 0.717) is 13.1 Å². The van der Waals surface area contributed by atoms with Crippen molar-refractivity contribution in [2.24, 2.45) is 0 Å². The Morgan fingerprint density at radius 2 is 2.04 bits per heavy atom. The Hall–Kier alpha value is -2.31. The van der Waals surface area contributed by atoms with Gasteiger partial charge in [0.05, 0.1) is 12.6 Å². The Labute approximate surface area is 144 Å². The molecule has 1 saturated heterocycles. The molecule has 0 saturated carbocycles. The summed E-state index contributed by atoms with van der Waals surface area (Å²) in [6.45, 7) is 2.10. The van der Waals surface area contributed by atoms with Gasteiger partial charge in [0.25, 0.3) is 0 Å². The molecule has 1 amide bonds. The third kappa shape index (κ3) is 3.44. The van der Waals surface area contributed by atoms with Gasteiger partial charge in [-0.15, -0.1) is 6.42 Å². The Balaban J connectivity index is 1.77. The zero-order valence-corrected chi connectivity index (χ0v) is 14.2. The van der Waals surface area contributed by atoms with Gasteiger partial charge in [0.2, 0.25) is 5.91 Å². The summed E-state index contributed by atoms with van der Waals surface area (Å²) in [6.07, 6.45) is 8.59. The Bertz CT molecular complexity index is 757. The van der Waals surface area contributed by atoms with Crippen LogP contribution in [0.3, 0.4) is 0 Å². The van der Waals surface area contributed by atoms with Gasteiger partial charge in [-0.2, -0.15) is 0 Å². The molecule has 0 bridgehead atoms. The molecule has 0 aliphatic carbocycles. The van der Waals surface area contributed by atoms with Crippen molar-refractivity contribution < 1.29 is 4.79 Å². The number of piperidine rings is 1. The van der Waals surface area contributed by atoms with E-state index in [1.807, 2.05) is 24.1 Å². The van der Waals surface area contributed by atoms with Crippen LogP contribution in [0.4, 0.5) is 0 Å². The SMILES string of the molecule is C#CCN1CCCCC1C(=O)N(C)Cc1cccc2ccccc12. The molecule has 0 N–H and O–H groups in total. The Kier molecular flexibility index (Phi) is 5.17. The fraction of sp³-hybridized carbons (Fsp3) is 0.381. The molecule has 3 rings (SSSR count). The van der Waals surface area contributed by atoms with E-state index >= 15 is 0 Å². The van der Waals surface area contributed by atoms with Gasteiger partial charge in [0, 0.05) is 13.6 Å². The van der Waals surface area contributed by atoms with E-state index in [1.54, 1.807) is 0 Å². The van der Waals surface area contributed by atoms with Crippen molar-refractivity contribution in [2.75, 3.05) is 20.1 Å². The minimum Gasteiger partial charge on any atom is -0.340 e. The predicted molar refractivity (Wildman–Crippen MR) is 98.5 cm³/mol. The van der Waals surface area contributed by atoms with Gasteiger partial charge in [0.15, 0.2) is 0 Å². The lowest BCUT2D eigenvalue weighted by molar-refractivity contribution is -0.137. The molecule has 2 aromatic carbocycles. The summed E-state index contributed by atoms with van der Waals surface area (Å²) >= 11 is 0. The molecule has 0 radical (unpaired) electrons. The van der Waals surface area contributed by atoms with Crippen molar-refractivity contribution >= 4 is 16.7 Å². The molecule has 3 nitrogen and oxygen atoms in total. The molecule has 1 aliphatic heterocycles. The number of likely N-dealkylation sites (tertiary alicyclic amines) is 1. The highest BCUT2D eigenvalue weighted by atomic mass is 16.2. The van der Waals surface area contributed by atoms with Crippen molar-refractivity contribution in [3.05, 3.63) is 48.0 Å². The summed E-state index contributed by atoms with van der Waals surface area (Å²) in [5, 5.41) is 2.42. The van der Waals surface area contributed by atoms with E-state index in [1.165, 1.54) is 16.3 Å². The number of carbonyl (C=O) groups excluding carboxylic acids is 1. The zero-order valence-electron chi connectivity index (χ0n) is 14.2. The van der Waals surface area contributed by atoms with Crippen LogP contribution in [0.2, 0.25) is 0 Å². The number of benzene rings is 2. The lowest BCUT2D eigenvalue weighted by Crippen LogP contribution is -2.49. The first-order valence-corrected chi connectivity index (χ1v) is 8.60. The molecule has 2 aromatic rings. The minimum absolute atomic E-state index is 0.0743. The summed E-state index contributed by atoms with van der Waals surface area (Å²) in [4.78, 5) is 16.9. The molecular weight excluding hydrogens is 296 g/mol. The third-order valence-corrected chi connectivity index (χ3v) is 4.86. The predicted octanol–water partition coefficient (Wildman–Crippen LogP) is 3.29. The number of likely N-dealkylation sites (N-methyl/N-ethyl adjacent to an activating group) is 1. The van der Waals surface area contributed by atoms with Crippen molar-refractivity contribution in [3.8, 4) is 12.3 Å². The van der Waals surface area contributed by atoms with E-state index in [-0.39, 0.29) is 11.9 Å². The van der Waals surface area contributed by atoms with Crippen molar-refractivity contribution in [1.82, 2.24) is 9.80 Å². The van der Waals surface area contributed by atoms with E-state index < -0.39 is 0 Å². The lowest BCUT2D eigenvalue weighted by Gasteiger charge is -2.35. The fourth-order valence-corrected chi connectivity index (χ4v) is 3.60. The van der Waals surface area contributed by atoms with E-state index in [4.69, 9.17) is 6.42 Å². The Morgan fingerprint density at radius 3 is 2.88 bits per heavy atom. The number of amides is 1. The number of rotatable bonds is 4. The van der Waals surface area contributed by atoms with Gasteiger partial charge in [-0.05, 0) is 35.7 Å². The average molecular weight is 320 g/mol. The van der Waals surface area contributed by atoms with E-state index in [9.17, 15) is 4.79 Å². The summed E-state index contributed by atoms with van der Waals surface area (Å²) in [5.74, 6) is 2.87. The molecule has 1 atom stereocenters. The highest BCUT2D eigenvalue weighted by Crippen LogP contribution is 2.22. The number of terminal acetylenes is 1. The van der Waals surface area contributed by atoms with Crippen LogP contribution in [0.25, 0.3) is 10.8 Å². The summed E-state index contributed by atoms with van der Waals surface area (Å²) in [7, 11) is 1.90. The normalized spacial score (nSPS) is 18.2. The van der Waals surface area contributed by atoms with Gasteiger partial charge in [-0.3, -0.25) is 9.69 Å². The highest BCUT2D eigenvalue weighted by molar-refractivity contribution is 5.87. The van der Waals surface area contributed by atoms with Crippen molar-refractivity contribution in [2.45, 2.75) is 31.8 Å². The first-order chi connectivity index (χ1) is 11.7. The average Bonchev–Trinajstić information content (AvgIpc) is 2.62. The maximum atomic E-state index is 12.9. The maximum absolute atomic E-state index is 12.9. The smallest absolute Gasteiger partial charge is 0.239 e. The lowest BCUT2D eigenvalue weighted by atomic mass is 10.00. The second-order valence-corrected chi connectivity index (χ2v) is 6.52. The number of fused-ring (bicyclic) bond motifs is 1. The summed E-state index contributed by atoms with van der Waals surface area (Å²) in [5.41, 5.74) is 1.18. The van der Waals surface area contributed by atoms with Crippen LogP contribution in [0, 0.1) is 12.3 Å². The Morgan fingerprint density at radius 1 is 1.25 bits per heavy atom. The van der Waals surface area contributed by atoms with Crippen LogP contribution in [0.1, 0.15) is 24.8 Å². The molecule has 3 heteroatoms. The summed E-state index contributed by atoms with van der Waals surface area (Å²) in [6, 6.07) is 14.5. The van der Waals surface area contributed by atoms with Crippen molar-refractivity contribution in [3.63, 3.8) is 0 Å². The highest BCUT2D eigenvalue weighted by Gasteiger charge is 2.30. The van der Waals surface area contributed by atoms with Gasteiger partial charge in [-0.25, -0.2) is 0 Å². The number of hydrogen-bond acceptors (Lipinski definition) is 2. The summed E-state index contributed by atoms with van der Waals surface area (Å²) < 4.78 is 0. The fourth-order valence-electron chi connectivity index (χ4n) is 3.60. The zero-order chi connectivity index (χ0) is 16.9. The molecule has 0 aromatic heterocycles. The second kappa shape index (κ2) is 7.51.